The maximum absolute atomic E-state index is 12.3. The number of hydrogen-bond donors (Lipinski definition) is 0. The van der Waals surface area contributed by atoms with Gasteiger partial charge in [0.1, 0.15) is 11.6 Å². The third kappa shape index (κ3) is 1.71. The molecule has 2 heteroatoms. The first kappa shape index (κ1) is 13.7. The first-order valence-corrected chi connectivity index (χ1v) is 8.72. The number of Topliss-reactive ketones (excluding diaryl/α,β-unsaturated/α-hetero) is 2. The van der Waals surface area contributed by atoms with Crippen LogP contribution in [0.3, 0.4) is 0 Å². The van der Waals surface area contributed by atoms with Crippen molar-refractivity contribution in [2.24, 2.45) is 22.7 Å². The van der Waals surface area contributed by atoms with Crippen LogP contribution in [0.5, 0.6) is 0 Å². The first-order valence-electron chi connectivity index (χ1n) is 8.72. The molecule has 0 heterocycles. The smallest absolute Gasteiger partial charge is 0.139 e. The summed E-state index contributed by atoms with van der Waals surface area (Å²) in [5, 5.41) is 0. The molecule has 0 aliphatic heterocycles. The Morgan fingerprint density at radius 1 is 0.905 bits per heavy atom. The van der Waals surface area contributed by atoms with Crippen LogP contribution in [0.4, 0.5) is 0 Å². The van der Waals surface area contributed by atoms with E-state index in [1.165, 1.54) is 6.42 Å². The van der Waals surface area contributed by atoms with Gasteiger partial charge in [-0.2, -0.15) is 0 Å². The molecule has 0 aromatic rings. The molecule has 21 heavy (non-hydrogen) atoms. The molecular weight excluding hydrogens is 260 g/mol. The van der Waals surface area contributed by atoms with E-state index in [-0.39, 0.29) is 10.8 Å². The molecule has 4 rings (SSSR count). The molecule has 0 amide bonds. The highest BCUT2D eigenvalue weighted by Gasteiger charge is 2.54. The number of rotatable bonds is 0. The Balaban J connectivity index is 1.76. The standard InChI is InChI=1S/C19H26O2/c1-18-9-7-13(20)11-12(18)3-4-14-15-5-6-17(21)19(15,2)10-8-16(14)18/h12,15H,3-11H2,1-2H3. The van der Waals surface area contributed by atoms with Gasteiger partial charge < -0.3 is 0 Å². The highest BCUT2D eigenvalue weighted by Crippen LogP contribution is 2.62. The lowest BCUT2D eigenvalue weighted by atomic mass is 9.52. The summed E-state index contributed by atoms with van der Waals surface area (Å²) in [6.45, 7) is 4.63. The van der Waals surface area contributed by atoms with Crippen molar-refractivity contribution < 1.29 is 9.59 Å². The topological polar surface area (TPSA) is 34.1 Å². The van der Waals surface area contributed by atoms with Crippen LogP contribution in [0, 0.1) is 22.7 Å². The Hall–Kier alpha value is -0.920. The van der Waals surface area contributed by atoms with Gasteiger partial charge in [0.05, 0.1) is 0 Å². The van der Waals surface area contributed by atoms with Gasteiger partial charge in [-0.15, -0.1) is 0 Å². The molecule has 4 atom stereocenters. The molecule has 0 N–H and O–H groups in total. The lowest BCUT2D eigenvalue weighted by Gasteiger charge is -2.52. The molecule has 4 aliphatic rings. The van der Waals surface area contributed by atoms with Crippen molar-refractivity contribution in [3.8, 4) is 0 Å². The van der Waals surface area contributed by atoms with Crippen LogP contribution in [0.15, 0.2) is 11.1 Å². The second kappa shape index (κ2) is 4.30. The number of fused-ring (bicyclic) bond motifs is 4. The summed E-state index contributed by atoms with van der Waals surface area (Å²) in [5.74, 6) is 2.06. The van der Waals surface area contributed by atoms with Crippen molar-refractivity contribution in [3.63, 3.8) is 0 Å². The summed E-state index contributed by atoms with van der Waals surface area (Å²) in [6.07, 6.45) is 8.95. The van der Waals surface area contributed by atoms with Crippen molar-refractivity contribution in [2.45, 2.75) is 71.6 Å². The average Bonchev–Trinajstić information content (AvgIpc) is 2.76. The van der Waals surface area contributed by atoms with Gasteiger partial charge in [-0.1, -0.05) is 25.0 Å². The number of ketones is 2. The molecule has 0 aromatic heterocycles. The summed E-state index contributed by atoms with van der Waals surface area (Å²) in [6, 6.07) is 0. The van der Waals surface area contributed by atoms with E-state index in [2.05, 4.69) is 13.8 Å². The monoisotopic (exact) mass is 286 g/mol. The van der Waals surface area contributed by atoms with E-state index in [0.29, 0.717) is 23.4 Å². The van der Waals surface area contributed by atoms with Crippen LogP contribution in [0.25, 0.3) is 0 Å². The Morgan fingerprint density at radius 2 is 1.67 bits per heavy atom. The zero-order valence-corrected chi connectivity index (χ0v) is 13.3. The number of carbonyl (C=O) groups excluding carboxylic acids is 2. The molecule has 0 aromatic carbocycles. The maximum Gasteiger partial charge on any atom is 0.139 e. The van der Waals surface area contributed by atoms with Crippen LogP contribution in [-0.2, 0) is 9.59 Å². The van der Waals surface area contributed by atoms with Crippen LogP contribution in [0.1, 0.15) is 71.6 Å². The minimum absolute atomic E-state index is 0.0630. The predicted molar refractivity (Wildman–Crippen MR) is 81.8 cm³/mol. The van der Waals surface area contributed by atoms with E-state index in [4.69, 9.17) is 0 Å². The molecular formula is C19H26O2. The lowest BCUT2D eigenvalue weighted by molar-refractivity contribution is -0.126. The van der Waals surface area contributed by atoms with Crippen molar-refractivity contribution >= 4 is 11.6 Å². The molecule has 0 radical (unpaired) electrons. The second-order valence-corrected chi connectivity index (χ2v) is 8.33. The van der Waals surface area contributed by atoms with Gasteiger partial charge in [0.2, 0.25) is 0 Å². The van der Waals surface area contributed by atoms with Crippen LogP contribution < -0.4 is 0 Å². The minimum atomic E-state index is -0.0630. The fraction of sp³-hybridized carbons (Fsp3) is 0.789. The summed E-state index contributed by atoms with van der Waals surface area (Å²) >= 11 is 0. The Kier molecular flexibility index (Phi) is 2.81. The SMILES string of the molecule is CC12CCC(=O)CC1CCC1=C2CCC2(C)C(=O)CCC12. The van der Waals surface area contributed by atoms with Gasteiger partial charge in [0.25, 0.3) is 0 Å². The van der Waals surface area contributed by atoms with Crippen molar-refractivity contribution in [1.29, 1.82) is 0 Å². The normalized spacial score (nSPS) is 46.2. The zero-order chi connectivity index (χ0) is 14.8. The summed E-state index contributed by atoms with van der Waals surface area (Å²) < 4.78 is 0. The van der Waals surface area contributed by atoms with Crippen molar-refractivity contribution in [2.75, 3.05) is 0 Å². The average molecular weight is 286 g/mol. The molecule has 0 bridgehead atoms. The van der Waals surface area contributed by atoms with E-state index in [1.54, 1.807) is 11.1 Å². The Morgan fingerprint density at radius 3 is 2.48 bits per heavy atom. The minimum Gasteiger partial charge on any atom is -0.300 e. The molecule has 2 nitrogen and oxygen atoms in total. The van der Waals surface area contributed by atoms with E-state index >= 15 is 0 Å². The maximum atomic E-state index is 12.3. The van der Waals surface area contributed by atoms with Gasteiger partial charge in [0.15, 0.2) is 0 Å². The van der Waals surface area contributed by atoms with Crippen LogP contribution in [-0.4, -0.2) is 11.6 Å². The molecule has 0 spiro atoms. The fourth-order valence-electron chi connectivity index (χ4n) is 6.03. The third-order valence-electron chi connectivity index (χ3n) is 7.52. The second-order valence-electron chi connectivity index (χ2n) is 8.33. The van der Waals surface area contributed by atoms with E-state index in [9.17, 15) is 9.59 Å². The summed E-state index contributed by atoms with van der Waals surface area (Å²) in [4.78, 5) is 24.2. The van der Waals surface area contributed by atoms with Gasteiger partial charge in [0, 0.05) is 24.7 Å². The molecule has 114 valence electrons. The van der Waals surface area contributed by atoms with Gasteiger partial charge in [-0.3, -0.25) is 9.59 Å². The molecule has 2 fully saturated rings. The molecule has 4 aliphatic carbocycles. The number of carbonyl (C=O) groups is 2. The highest BCUT2D eigenvalue weighted by molar-refractivity contribution is 5.88. The summed E-state index contributed by atoms with van der Waals surface area (Å²) in [7, 11) is 0. The predicted octanol–water partition coefficient (Wildman–Crippen LogP) is 4.23. The molecule has 4 unspecified atom stereocenters. The molecule has 2 saturated carbocycles. The largest absolute Gasteiger partial charge is 0.300 e. The zero-order valence-electron chi connectivity index (χ0n) is 13.3. The fourth-order valence-corrected chi connectivity index (χ4v) is 6.03. The van der Waals surface area contributed by atoms with Gasteiger partial charge >= 0.3 is 0 Å². The van der Waals surface area contributed by atoms with Crippen LogP contribution >= 0.6 is 0 Å². The van der Waals surface area contributed by atoms with E-state index in [1.807, 2.05) is 0 Å². The number of allylic oxidation sites excluding steroid dienone is 2. The number of hydrogen-bond acceptors (Lipinski definition) is 2. The highest BCUT2D eigenvalue weighted by atomic mass is 16.1. The van der Waals surface area contributed by atoms with Gasteiger partial charge in [-0.05, 0) is 55.8 Å². The van der Waals surface area contributed by atoms with E-state index < -0.39 is 0 Å². The quantitative estimate of drug-likeness (QED) is 0.624. The van der Waals surface area contributed by atoms with Crippen molar-refractivity contribution in [1.82, 2.24) is 0 Å². The molecule has 0 saturated heterocycles. The summed E-state index contributed by atoms with van der Waals surface area (Å²) in [5.41, 5.74) is 3.51. The first-order chi connectivity index (χ1) is 9.95. The van der Waals surface area contributed by atoms with Gasteiger partial charge in [-0.25, -0.2) is 0 Å². The Labute approximate surface area is 127 Å². The Bertz CT molecular complexity index is 558. The third-order valence-corrected chi connectivity index (χ3v) is 7.52. The van der Waals surface area contributed by atoms with Crippen molar-refractivity contribution in [3.05, 3.63) is 11.1 Å². The lowest BCUT2D eigenvalue weighted by Crippen LogP contribution is -2.44. The van der Waals surface area contributed by atoms with E-state index in [0.717, 1.165) is 51.4 Å². The van der Waals surface area contributed by atoms with Crippen LogP contribution in [0.2, 0.25) is 0 Å².